The zero-order chi connectivity index (χ0) is 7.56. The Labute approximate surface area is 58.1 Å². The number of hydrogen-bond acceptors (Lipinski definition) is 2. The Kier molecular flexibility index (Phi) is 1.71. The number of aryl methyl sites for hydroxylation is 1. The summed E-state index contributed by atoms with van der Waals surface area (Å²) in [6.45, 7) is 1.95. The van der Waals surface area contributed by atoms with E-state index >= 15 is 0 Å². The Hall–Kier alpha value is -1.32. The number of H-pyrrole nitrogens is 2. The van der Waals surface area contributed by atoms with Gasteiger partial charge in [-0.1, -0.05) is 6.92 Å². The van der Waals surface area contributed by atoms with E-state index in [1.54, 1.807) is 0 Å². The normalized spacial score (nSPS) is 9.70. The fourth-order valence-electron chi connectivity index (χ4n) is 0.758. The first-order valence-corrected chi connectivity index (χ1v) is 3.13. The minimum atomic E-state index is -0.159. The van der Waals surface area contributed by atoms with Crippen LogP contribution in [0, 0.1) is 0 Å². The first-order chi connectivity index (χ1) is 4.72. The molecule has 4 nitrogen and oxygen atoms in total. The molecule has 1 heterocycles. The Morgan fingerprint density at radius 2 is 2.50 bits per heavy atom. The molecule has 0 aliphatic rings. The lowest BCUT2D eigenvalue weighted by Gasteiger charge is -1.89. The molecular weight excluding hydrogens is 130 g/mol. The van der Waals surface area contributed by atoms with Gasteiger partial charge in [0.1, 0.15) is 0 Å². The van der Waals surface area contributed by atoms with Gasteiger partial charge in [0.25, 0.3) is 0 Å². The van der Waals surface area contributed by atoms with Crippen molar-refractivity contribution in [2.45, 2.75) is 13.3 Å². The second kappa shape index (κ2) is 2.51. The summed E-state index contributed by atoms with van der Waals surface area (Å²) in [5.41, 5.74) is 6.01. The Bertz CT molecular complexity index is 279. The quantitative estimate of drug-likeness (QED) is 0.543. The zero-order valence-corrected chi connectivity index (χ0v) is 5.77. The molecule has 0 spiro atoms. The molecule has 0 radical (unpaired) electrons. The average Bonchev–Trinajstić information content (AvgIpc) is 1.85. The van der Waals surface area contributed by atoms with E-state index < -0.39 is 0 Å². The van der Waals surface area contributed by atoms with Crippen molar-refractivity contribution < 1.29 is 4.98 Å². The Morgan fingerprint density at radius 1 is 1.80 bits per heavy atom. The van der Waals surface area contributed by atoms with Crippen LogP contribution < -0.4 is 16.3 Å². The van der Waals surface area contributed by atoms with E-state index in [-0.39, 0.29) is 5.56 Å². The fraction of sp³-hybridized carbons (Fsp3) is 0.333. The molecule has 10 heavy (non-hydrogen) atoms. The van der Waals surface area contributed by atoms with Crippen LogP contribution in [0.2, 0.25) is 0 Å². The van der Waals surface area contributed by atoms with Gasteiger partial charge in [0.2, 0.25) is 0 Å². The number of rotatable bonds is 1. The van der Waals surface area contributed by atoms with Gasteiger partial charge in [-0.25, -0.2) is 9.97 Å². The SMILES string of the molecule is CCc1cc(=O)[nH]c(N)[nH+]1. The molecule has 0 saturated heterocycles. The summed E-state index contributed by atoms with van der Waals surface area (Å²) < 4.78 is 0. The van der Waals surface area contributed by atoms with E-state index in [2.05, 4.69) is 9.97 Å². The molecule has 0 aliphatic heterocycles. The van der Waals surface area contributed by atoms with Crippen LogP contribution in [0.25, 0.3) is 0 Å². The third kappa shape index (κ3) is 1.34. The Balaban J connectivity index is 3.19. The van der Waals surface area contributed by atoms with Crippen molar-refractivity contribution in [1.29, 1.82) is 0 Å². The summed E-state index contributed by atoms with van der Waals surface area (Å²) in [5, 5.41) is 0. The third-order valence-electron chi connectivity index (χ3n) is 1.24. The van der Waals surface area contributed by atoms with Crippen molar-refractivity contribution in [3.63, 3.8) is 0 Å². The monoisotopic (exact) mass is 140 g/mol. The van der Waals surface area contributed by atoms with Gasteiger partial charge < -0.3 is 0 Å². The van der Waals surface area contributed by atoms with E-state index in [0.717, 1.165) is 12.1 Å². The zero-order valence-electron chi connectivity index (χ0n) is 5.77. The predicted octanol–water partition coefficient (Wildman–Crippen LogP) is -0.666. The molecule has 1 aromatic heterocycles. The van der Waals surface area contributed by atoms with E-state index in [9.17, 15) is 4.79 Å². The summed E-state index contributed by atoms with van der Waals surface area (Å²) in [4.78, 5) is 15.9. The maximum atomic E-state index is 10.7. The van der Waals surface area contributed by atoms with Gasteiger partial charge in [-0.05, 0) is 6.42 Å². The van der Waals surface area contributed by atoms with Crippen LogP contribution in [0.4, 0.5) is 5.95 Å². The topological polar surface area (TPSA) is 73.0 Å². The second-order valence-electron chi connectivity index (χ2n) is 2.05. The van der Waals surface area contributed by atoms with Gasteiger partial charge in [0.05, 0.1) is 11.8 Å². The van der Waals surface area contributed by atoms with E-state index in [1.807, 2.05) is 6.92 Å². The van der Waals surface area contributed by atoms with Gasteiger partial charge in [-0.3, -0.25) is 10.5 Å². The van der Waals surface area contributed by atoms with Crippen LogP contribution in [-0.2, 0) is 6.42 Å². The lowest BCUT2D eigenvalue weighted by molar-refractivity contribution is -0.376. The molecule has 4 heteroatoms. The molecule has 54 valence electrons. The van der Waals surface area contributed by atoms with Crippen LogP contribution >= 0.6 is 0 Å². The summed E-state index contributed by atoms with van der Waals surface area (Å²) >= 11 is 0. The molecule has 0 saturated carbocycles. The highest BCUT2D eigenvalue weighted by Crippen LogP contribution is 1.84. The van der Waals surface area contributed by atoms with E-state index in [0.29, 0.717) is 5.95 Å². The van der Waals surface area contributed by atoms with Crippen LogP contribution in [-0.4, -0.2) is 4.98 Å². The molecule has 1 aromatic rings. The maximum absolute atomic E-state index is 10.7. The van der Waals surface area contributed by atoms with Crippen molar-refractivity contribution in [2.75, 3.05) is 5.73 Å². The Morgan fingerprint density at radius 3 is 3.00 bits per heavy atom. The van der Waals surface area contributed by atoms with Crippen molar-refractivity contribution in [3.8, 4) is 0 Å². The number of nitrogen functional groups attached to an aromatic ring is 1. The van der Waals surface area contributed by atoms with Crippen molar-refractivity contribution in [3.05, 3.63) is 22.1 Å². The van der Waals surface area contributed by atoms with Crippen LogP contribution in [0.5, 0.6) is 0 Å². The summed E-state index contributed by atoms with van der Waals surface area (Å²) in [6.07, 6.45) is 0.786. The summed E-state index contributed by atoms with van der Waals surface area (Å²) in [7, 11) is 0. The number of aromatic nitrogens is 2. The lowest BCUT2D eigenvalue weighted by Crippen LogP contribution is -2.24. The summed E-state index contributed by atoms with van der Waals surface area (Å²) in [5.74, 6) is 0.310. The van der Waals surface area contributed by atoms with E-state index in [1.165, 1.54) is 6.07 Å². The van der Waals surface area contributed by atoms with Crippen molar-refractivity contribution in [2.24, 2.45) is 0 Å². The molecular formula is C6H10N3O+. The number of hydrogen-bond donors (Lipinski definition) is 2. The number of nitrogens with one attached hydrogen (secondary N) is 2. The minimum absolute atomic E-state index is 0.159. The number of aromatic amines is 2. The third-order valence-corrected chi connectivity index (χ3v) is 1.24. The van der Waals surface area contributed by atoms with Gasteiger partial charge in [-0.15, -0.1) is 0 Å². The standard InChI is InChI=1S/C6H9N3O/c1-2-4-3-5(10)9-6(7)8-4/h3H,2H2,1H3,(H3,7,8,9,10)/p+1. The number of nitrogens with two attached hydrogens (primary N) is 1. The molecule has 0 atom stereocenters. The molecule has 0 fully saturated rings. The predicted molar refractivity (Wildman–Crippen MR) is 37.4 cm³/mol. The van der Waals surface area contributed by atoms with Gasteiger partial charge in [0, 0.05) is 0 Å². The molecule has 4 N–H and O–H groups in total. The smallest absolute Gasteiger partial charge is 0.290 e. The van der Waals surface area contributed by atoms with Crippen molar-refractivity contribution >= 4 is 5.95 Å². The largest absolute Gasteiger partial charge is 0.353 e. The second-order valence-corrected chi connectivity index (χ2v) is 2.05. The van der Waals surface area contributed by atoms with Gasteiger partial charge in [0.15, 0.2) is 0 Å². The minimum Gasteiger partial charge on any atom is -0.290 e. The molecule has 0 aromatic carbocycles. The first-order valence-electron chi connectivity index (χ1n) is 3.13. The number of anilines is 1. The molecule has 0 aliphatic carbocycles. The van der Waals surface area contributed by atoms with Crippen molar-refractivity contribution in [1.82, 2.24) is 4.98 Å². The fourth-order valence-corrected chi connectivity index (χ4v) is 0.758. The maximum Gasteiger partial charge on any atom is 0.353 e. The van der Waals surface area contributed by atoms with Crippen LogP contribution in [0.3, 0.4) is 0 Å². The molecule has 0 amide bonds. The summed E-state index contributed by atoms with van der Waals surface area (Å²) in [6, 6.07) is 1.50. The molecule has 0 bridgehead atoms. The molecule has 0 unspecified atom stereocenters. The lowest BCUT2D eigenvalue weighted by atomic mass is 10.3. The van der Waals surface area contributed by atoms with Crippen LogP contribution in [0.1, 0.15) is 12.6 Å². The van der Waals surface area contributed by atoms with Gasteiger partial charge in [-0.2, -0.15) is 0 Å². The highest BCUT2D eigenvalue weighted by atomic mass is 16.1. The van der Waals surface area contributed by atoms with E-state index in [4.69, 9.17) is 5.73 Å². The molecule has 1 rings (SSSR count). The van der Waals surface area contributed by atoms with Crippen LogP contribution in [0.15, 0.2) is 10.9 Å². The highest BCUT2D eigenvalue weighted by Gasteiger charge is 1.98. The highest BCUT2D eigenvalue weighted by molar-refractivity contribution is 5.06. The average molecular weight is 140 g/mol. The van der Waals surface area contributed by atoms with Gasteiger partial charge >= 0.3 is 11.5 Å². The first kappa shape index (κ1) is 6.80.